The van der Waals surface area contributed by atoms with Crippen LogP contribution >= 0.6 is 0 Å². The van der Waals surface area contributed by atoms with E-state index >= 15 is 0 Å². The molecule has 0 aliphatic heterocycles. The number of hydrogen-bond donors (Lipinski definition) is 2. The molecule has 2 N–H and O–H groups in total. The van der Waals surface area contributed by atoms with E-state index in [0.717, 1.165) is 25.0 Å². The van der Waals surface area contributed by atoms with Gasteiger partial charge in [0.15, 0.2) is 0 Å². The van der Waals surface area contributed by atoms with Crippen LogP contribution < -0.4 is 15.4 Å². The maximum absolute atomic E-state index is 12.0. The molecule has 4 nitrogen and oxygen atoms in total. The average Bonchev–Trinajstić information content (AvgIpc) is 3.13. The molecule has 0 spiro atoms. The van der Waals surface area contributed by atoms with Crippen molar-refractivity contribution in [3.05, 3.63) is 24.3 Å². The molecule has 1 amide bonds. The van der Waals surface area contributed by atoms with Crippen LogP contribution in [0.15, 0.2) is 24.3 Å². The largest absolute Gasteiger partial charge is 0.573 e. The molecule has 1 aliphatic rings. The average molecular weight is 288 g/mol. The van der Waals surface area contributed by atoms with Gasteiger partial charge in [-0.15, -0.1) is 13.2 Å². The Kier molecular flexibility index (Phi) is 4.17. The zero-order chi connectivity index (χ0) is 14.8. The number of carbonyl (C=O) groups excluding carboxylic acids is 1. The Hall–Kier alpha value is -1.76. The van der Waals surface area contributed by atoms with Gasteiger partial charge in [-0.3, -0.25) is 4.79 Å². The van der Waals surface area contributed by atoms with Gasteiger partial charge in [0, 0.05) is 11.7 Å². The third-order valence-corrected chi connectivity index (χ3v) is 2.81. The molecule has 1 unspecified atom stereocenters. The van der Waals surface area contributed by atoms with Gasteiger partial charge in [0.05, 0.1) is 6.04 Å². The Labute approximate surface area is 114 Å². The molecule has 1 aliphatic carbocycles. The number of amides is 1. The van der Waals surface area contributed by atoms with Crippen molar-refractivity contribution in [3.63, 3.8) is 0 Å². The van der Waals surface area contributed by atoms with Crippen LogP contribution in [-0.4, -0.2) is 24.4 Å². The first-order chi connectivity index (χ1) is 9.33. The fraction of sp³-hybridized carbons (Fsp3) is 0.462. The van der Waals surface area contributed by atoms with E-state index in [1.165, 1.54) is 12.1 Å². The van der Waals surface area contributed by atoms with Crippen molar-refractivity contribution >= 4 is 11.6 Å². The Morgan fingerprint density at radius 1 is 1.30 bits per heavy atom. The van der Waals surface area contributed by atoms with Gasteiger partial charge >= 0.3 is 6.36 Å². The number of hydrogen-bond acceptors (Lipinski definition) is 3. The summed E-state index contributed by atoms with van der Waals surface area (Å²) < 4.78 is 39.7. The van der Waals surface area contributed by atoms with Crippen LogP contribution in [0.4, 0.5) is 18.9 Å². The summed E-state index contributed by atoms with van der Waals surface area (Å²) in [6, 6.07) is 5.10. The smallest absolute Gasteiger partial charge is 0.406 e. The predicted octanol–water partition coefficient (Wildman–Crippen LogP) is 2.66. The minimum Gasteiger partial charge on any atom is -0.406 e. The summed E-state index contributed by atoms with van der Waals surface area (Å²) >= 11 is 0. The highest BCUT2D eigenvalue weighted by Gasteiger charge is 2.31. The molecular formula is C13H15F3N2O2. The molecule has 1 saturated carbocycles. The predicted molar refractivity (Wildman–Crippen MR) is 67.4 cm³/mol. The van der Waals surface area contributed by atoms with E-state index in [0.29, 0.717) is 11.7 Å². The minimum absolute atomic E-state index is 0.221. The van der Waals surface area contributed by atoms with E-state index in [4.69, 9.17) is 0 Å². The van der Waals surface area contributed by atoms with E-state index < -0.39 is 6.36 Å². The first-order valence-corrected chi connectivity index (χ1v) is 6.26. The second-order valence-corrected chi connectivity index (χ2v) is 4.72. The van der Waals surface area contributed by atoms with E-state index in [1.54, 1.807) is 6.92 Å². The Morgan fingerprint density at radius 3 is 2.40 bits per heavy atom. The van der Waals surface area contributed by atoms with Crippen LogP contribution in [-0.2, 0) is 4.79 Å². The summed E-state index contributed by atoms with van der Waals surface area (Å²) in [6.45, 7) is 1.74. The van der Waals surface area contributed by atoms with Crippen LogP contribution in [0.2, 0.25) is 0 Å². The summed E-state index contributed by atoms with van der Waals surface area (Å²) in [7, 11) is 0. The number of nitrogens with one attached hydrogen (secondary N) is 2. The van der Waals surface area contributed by atoms with Crippen LogP contribution in [0.3, 0.4) is 0 Å². The number of ether oxygens (including phenoxy) is 1. The summed E-state index contributed by atoms with van der Waals surface area (Å²) in [5.41, 5.74) is 0.425. The lowest BCUT2D eigenvalue weighted by Gasteiger charge is -2.14. The quantitative estimate of drug-likeness (QED) is 0.875. The molecule has 0 aromatic heterocycles. The summed E-state index contributed by atoms with van der Waals surface area (Å²) in [6.07, 6.45) is -2.57. The number of benzene rings is 1. The lowest BCUT2D eigenvalue weighted by atomic mass is 10.2. The van der Waals surface area contributed by atoms with Gasteiger partial charge in [-0.05, 0) is 44.0 Å². The van der Waals surface area contributed by atoms with Crippen molar-refractivity contribution in [2.75, 3.05) is 5.32 Å². The van der Waals surface area contributed by atoms with Crippen molar-refractivity contribution < 1.29 is 22.7 Å². The number of rotatable bonds is 5. The number of halogens is 3. The molecule has 1 atom stereocenters. The zero-order valence-corrected chi connectivity index (χ0v) is 10.8. The molecule has 1 aromatic carbocycles. The van der Waals surface area contributed by atoms with Crippen LogP contribution in [0, 0.1) is 0 Å². The van der Waals surface area contributed by atoms with Crippen LogP contribution in [0.5, 0.6) is 5.75 Å². The first-order valence-electron chi connectivity index (χ1n) is 6.26. The van der Waals surface area contributed by atoms with Gasteiger partial charge in [0.25, 0.3) is 0 Å². The van der Waals surface area contributed by atoms with E-state index in [9.17, 15) is 18.0 Å². The van der Waals surface area contributed by atoms with E-state index in [1.807, 2.05) is 0 Å². The van der Waals surface area contributed by atoms with Crippen molar-refractivity contribution in [1.29, 1.82) is 0 Å². The van der Waals surface area contributed by atoms with E-state index in [-0.39, 0.29) is 17.7 Å². The molecule has 2 rings (SSSR count). The van der Waals surface area contributed by atoms with Gasteiger partial charge < -0.3 is 15.4 Å². The number of alkyl halides is 3. The summed E-state index contributed by atoms with van der Waals surface area (Å²) in [4.78, 5) is 11.8. The normalized spacial score (nSPS) is 16.6. The Balaban J connectivity index is 1.87. The van der Waals surface area contributed by atoms with Gasteiger partial charge in [-0.25, -0.2) is 0 Å². The molecular weight excluding hydrogens is 273 g/mol. The third kappa shape index (κ3) is 4.73. The molecule has 1 fully saturated rings. The SMILES string of the molecule is CC(NC1CC1)C(=O)Nc1ccc(OC(F)(F)F)cc1. The topological polar surface area (TPSA) is 50.4 Å². The third-order valence-electron chi connectivity index (χ3n) is 2.81. The molecule has 1 aromatic rings. The highest BCUT2D eigenvalue weighted by molar-refractivity contribution is 5.94. The summed E-state index contributed by atoms with van der Waals surface area (Å²) in [5.74, 6) is -0.541. The molecule has 0 saturated heterocycles. The molecule has 0 radical (unpaired) electrons. The van der Waals surface area contributed by atoms with Gasteiger partial charge in [0.2, 0.25) is 5.91 Å². The monoisotopic (exact) mass is 288 g/mol. The Morgan fingerprint density at radius 2 is 1.90 bits per heavy atom. The van der Waals surface area contributed by atoms with Gasteiger partial charge in [0.1, 0.15) is 5.75 Å². The van der Waals surface area contributed by atoms with Gasteiger partial charge in [-0.1, -0.05) is 0 Å². The van der Waals surface area contributed by atoms with Crippen molar-refractivity contribution in [3.8, 4) is 5.75 Å². The minimum atomic E-state index is -4.71. The van der Waals surface area contributed by atoms with Crippen molar-refractivity contribution in [2.24, 2.45) is 0 Å². The van der Waals surface area contributed by atoms with Crippen molar-refractivity contribution in [2.45, 2.75) is 38.2 Å². The lowest BCUT2D eigenvalue weighted by Crippen LogP contribution is -2.39. The molecule has 0 bridgehead atoms. The number of anilines is 1. The Bertz CT molecular complexity index is 469. The standard InChI is InChI=1S/C13H15F3N2O2/c1-8(17-9-2-3-9)12(19)18-10-4-6-11(7-5-10)20-13(14,15)16/h4-9,17H,2-3H2,1H3,(H,18,19). The lowest BCUT2D eigenvalue weighted by molar-refractivity contribution is -0.274. The first kappa shape index (κ1) is 14.6. The number of carbonyl (C=O) groups is 1. The second kappa shape index (κ2) is 5.70. The fourth-order valence-corrected chi connectivity index (χ4v) is 1.67. The fourth-order valence-electron chi connectivity index (χ4n) is 1.67. The van der Waals surface area contributed by atoms with Crippen molar-refractivity contribution in [1.82, 2.24) is 5.32 Å². The molecule has 110 valence electrons. The highest BCUT2D eigenvalue weighted by Crippen LogP contribution is 2.24. The van der Waals surface area contributed by atoms with Gasteiger partial charge in [-0.2, -0.15) is 0 Å². The molecule has 7 heteroatoms. The highest BCUT2D eigenvalue weighted by atomic mass is 19.4. The zero-order valence-electron chi connectivity index (χ0n) is 10.8. The van der Waals surface area contributed by atoms with Crippen LogP contribution in [0.25, 0.3) is 0 Å². The van der Waals surface area contributed by atoms with Crippen LogP contribution in [0.1, 0.15) is 19.8 Å². The maximum Gasteiger partial charge on any atom is 0.573 e. The van der Waals surface area contributed by atoms with E-state index in [2.05, 4.69) is 15.4 Å². The molecule has 20 heavy (non-hydrogen) atoms. The maximum atomic E-state index is 12.0. The second-order valence-electron chi connectivity index (χ2n) is 4.72. The molecule has 0 heterocycles. The summed E-state index contributed by atoms with van der Waals surface area (Å²) in [5, 5.41) is 5.76.